The standard InChI is InChI=1S/C23H24F3N3O2S/c1-3-22(31,23(24,25)26)19(27)13-29(28)12-15-9-10-17-18(11-15)32-21(14(2)30)20(17)16-7-5-4-6-8-16/h4-11,13,31H,3,12,27-28H2,1-2H3/b19-13-. The number of ketones is 1. The number of halogens is 3. The maximum atomic E-state index is 13.2. The van der Waals surface area contributed by atoms with Crippen molar-refractivity contribution in [2.75, 3.05) is 0 Å². The van der Waals surface area contributed by atoms with Crippen LogP contribution in [0.2, 0.25) is 0 Å². The fourth-order valence-electron chi connectivity index (χ4n) is 3.49. The molecule has 2 aromatic carbocycles. The average molecular weight is 464 g/mol. The van der Waals surface area contributed by atoms with Crippen LogP contribution in [0.5, 0.6) is 0 Å². The maximum Gasteiger partial charge on any atom is 0.422 e. The molecular weight excluding hydrogens is 439 g/mol. The third-order valence-corrected chi connectivity index (χ3v) is 6.52. The fraction of sp³-hybridized carbons (Fsp3) is 0.261. The van der Waals surface area contributed by atoms with Crippen LogP contribution in [0.4, 0.5) is 13.2 Å². The number of thiophene rings is 1. The number of carbonyl (C=O) groups is 1. The SMILES string of the molecule is CCC(O)(/C(N)=C/N(N)Cc1ccc2c(-c3ccccc3)c(C(C)=O)sc2c1)C(F)(F)F. The van der Waals surface area contributed by atoms with Gasteiger partial charge in [-0.1, -0.05) is 49.4 Å². The Balaban J connectivity index is 1.94. The Labute approximate surface area is 187 Å². The van der Waals surface area contributed by atoms with Crippen LogP contribution in [0.3, 0.4) is 0 Å². The van der Waals surface area contributed by atoms with Gasteiger partial charge in [0.2, 0.25) is 5.60 Å². The number of alkyl halides is 3. The number of hydrogen-bond acceptors (Lipinski definition) is 6. The zero-order valence-corrected chi connectivity index (χ0v) is 18.4. The second kappa shape index (κ2) is 8.93. The van der Waals surface area contributed by atoms with Crippen LogP contribution in [0.1, 0.15) is 35.5 Å². The predicted molar refractivity (Wildman–Crippen MR) is 121 cm³/mol. The Hall–Kier alpha value is -2.88. The van der Waals surface area contributed by atoms with Crippen molar-refractivity contribution >= 4 is 27.2 Å². The summed E-state index contributed by atoms with van der Waals surface area (Å²) in [4.78, 5) is 12.9. The van der Waals surface area contributed by atoms with Crippen LogP contribution in [-0.4, -0.2) is 27.7 Å². The van der Waals surface area contributed by atoms with Crippen molar-refractivity contribution in [3.63, 3.8) is 0 Å². The van der Waals surface area contributed by atoms with Gasteiger partial charge in [0, 0.05) is 21.8 Å². The highest BCUT2D eigenvalue weighted by Crippen LogP contribution is 2.40. The molecule has 3 aromatic rings. The lowest BCUT2D eigenvalue weighted by Crippen LogP contribution is -2.49. The minimum atomic E-state index is -4.92. The number of nitrogens with two attached hydrogens (primary N) is 2. The molecule has 0 amide bonds. The van der Waals surface area contributed by atoms with Crippen LogP contribution in [0.25, 0.3) is 21.2 Å². The number of fused-ring (bicyclic) bond motifs is 1. The van der Waals surface area contributed by atoms with Gasteiger partial charge in [-0.05, 0) is 30.5 Å². The van der Waals surface area contributed by atoms with Crippen LogP contribution in [-0.2, 0) is 6.54 Å². The van der Waals surface area contributed by atoms with Crippen LogP contribution < -0.4 is 11.6 Å². The largest absolute Gasteiger partial charge is 0.422 e. The van der Waals surface area contributed by atoms with Crippen molar-refractivity contribution in [1.82, 2.24) is 5.01 Å². The summed E-state index contributed by atoms with van der Waals surface area (Å²) in [6.07, 6.45) is -4.66. The van der Waals surface area contributed by atoms with Gasteiger partial charge in [-0.15, -0.1) is 11.3 Å². The number of nitrogens with zero attached hydrogens (tertiary/aromatic N) is 1. The van der Waals surface area contributed by atoms with Crippen LogP contribution in [0, 0.1) is 0 Å². The molecule has 0 saturated carbocycles. The van der Waals surface area contributed by atoms with Gasteiger partial charge in [-0.3, -0.25) is 4.79 Å². The predicted octanol–water partition coefficient (Wildman–Crippen LogP) is 4.95. The summed E-state index contributed by atoms with van der Waals surface area (Å²) in [7, 11) is 0. The van der Waals surface area contributed by atoms with E-state index < -0.39 is 23.9 Å². The minimum absolute atomic E-state index is 0.0474. The highest BCUT2D eigenvalue weighted by atomic mass is 32.1. The molecule has 0 saturated heterocycles. The molecule has 1 aromatic heterocycles. The molecule has 0 aliphatic rings. The molecule has 1 unspecified atom stereocenters. The smallest absolute Gasteiger partial charge is 0.398 e. The third kappa shape index (κ3) is 4.50. The Kier molecular flexibility index (Phi) is 6.64. The van der Waals surface area contributed by atoms with Crippen molar-refractivity contribution < 1.29 is 23.1 Å². The zero-order valence-electron chi connectivity index (χ0n) is 17.6. The molecule has 1 atom stereocenters. The van der Waals surface area contributed by atoms with E-state index in [2.05, 4.69) is 0 Å². The van der Waals surface area contributed by atoms with Crippen LogP contribution in [0.15, 0.2) is 60.4 Å². The van der Waals surface area contributed by atoms with E-state index in [0.717, 1.165) is 32.4 Å². The molecule has 32 heavy (non-hydrogen) atoms. The number of carbonyl (C=O) groups excluding carboxylic acids is 1. The Morgan fingerprint density at radius 3 is 2.41 bits per heavy atom. The van der Waals surface area contributed by atoms with Gasteiger partial charge < -0.3 is 15.8 Å². The molecule has 0 bridgehead atoms. The monoisotopic (exact) mass is 463 g/mol. The van der Waals surface area contributed by atoms with Gasteiger partial charge in [0.05, 0.1) is 17.1 Å². The van der Waals surface area contributed by atoms with Gasteiger partial charge in [-0.2, -0.15) is 13.2 Å². The molecule has 5 N–H and O–H groups in total. The number of aliphatic hydroxyl groups is 1. The molecule has 0 spiro atoms. The van der Waals surface area contributed by atoms with Gasteiger partial charge >= 0.3 is 6.18 Å². The number of Topliss-reactive ketones (excluding diaryl/α,β-unsaturated/α-hetero) is 1. The second-order valence-electron chi connectivity index (χ2n) is 7.53. The van der Waals surface area contributed by atoms with Crippen LogP contribution >= 0.6 is 11.3 Å². The summed E-state index contributed by atoms with van der Waals surface area (Å²) >= 11 is 1.36. The first-order chi connectivity index (χ1) is 15.0. The summed E-state index contributed by atoms with van der Waals surface area (Å²) in [6, 6.07) is 15.1. The average Bonchev–Trinajstić information content (AvgIpc) is 3.11. The summed E-state index contributed by atoms with van der Waals surface area (Å²) in [5.41, 5.74) is 4.12. The third-order valence-electron chi connectivity index (χ3n) is 5.26. The summed E-state index contributed by atoms with van der Waals surface area (Å²) in [5, 5.41) is 11.9. The second-order valence-corrected chi connectivity index (χ2v) is 8.58. The van der Waals surface area contributed by atoms with Gasteiger partial charge in [0.15, 0.2) is 5.78 Å². The topological polar surface area (TPSA) is 92.6 Å². The molecule has 170 valence electrons. The van der Waals surface area contributed by atoms with E-state index in [-0.39, 0.29) is 12.3 Å². The summed E-state index contributed by atoms with van der Waals surface area (Å²) < 4.78 is 40.4. The number of rotatable bonds is 7. The molecule has 0 fully saturated rings. The van der Waals surface area contributed by atoms with E-state index in [1.165, 1.54) is 25.2 Å². The number of hydrogen-bond donors (Lipinski definition) is 3. The molecule has 1 heterocycles. The normalized spacial score (nSPS) is 14.4. The molecule has 9 heteroatoms. The van der Waals surface area contributed by atoms with Crippen molar-refractivity contribution in [1.29, 1.82) is 0 Å². The zero-order chi connectivity index (χ0) is 23.7. The van der Waals surface area contributed by atoms with E-state index in [9.17, 15) is 23.1 Å². The van der Waals surface area contributed by atoms with E-state index in [1.54, 1.807) is 6.07 Å². The lowest BCUT2D eigenvalue weighted by atomic mass is 9.96. The van der Waals surface area contributed by atoms with Gasteiger partial charge in [0.25, 0.3) is 0 Å². The van der Waals surface area contributed by atoms with E-state index >= 15 is 0 Å². The first kappa shape index (κ1) is 23.8. The first-order valence-corrected chi connectivity index (χ1v) is 10.7. The quantitative estimate of drug-likeness (QED) is 0.262. The highest BCUT2D eigenvalue weighted by Gasteiger charge is 2.54. The Morgan fingerprint density at radius 2 is 1.84 bits per heavy atom. The van der Waals surface area contributed by atoms with Crippen molar-refractivity contribution in [2.24, 2.45) is 11.6 Å². The molecule has 0 aliphatic carbocycles. The lowest BCUT2D eigenvalue weighted by molar-refractivity contribution is -0.245. The van der Waals surface area contributed by atoms with Crippen molar-refractivity contribution in [3.05, 3.63) is 70.9 Å². The van der Waals surface area contributed by atoms with Crippen molar-refractivity contribution in [2.45, 2.75) is 38.6 Å². The maximum absolute atomic E-state index is 13.2. The molecule has 5 nitrogen and oxygen atoms in total. The van der Waals surface area contributed by atoms with E-state index in [0.29, 0.717) is 10.4 Å². The molecule has 0 aliphatic heterocycles. The summed E-state index contributed by atoms with van der Waals surface area (Å²) in [6.45, 7) is 2.77. The number of benzene rings is 2. The van der Waals surface area contributed by atoms with Gasteiger partial charge in [0.1, 0.15) is 0 Å². The first-order valence-electron chi connectivity index (χ1n) is 9.88. The lowest BCUT2D eigenvalue weighted by Gasteiger charge is -2.30. The molecule has 3 rings (SSSR count). The highest BCUT2D eigenvalue weighted by molar-refractivity contribution is 7.21. The van der Waals surface area contributed by atoms with E-state index in [1.807, 2.05) is 42.5 Å². The van der Waals surface area contributed by atoms with Crippen molar-refractivity contribution in [3.8, 4) is 11.1 Å². The number of hydrazine groups is 1. The minimum Gasteiger partial charge on any atom is -0.398 e. The fourth-order valence-corrected chi connectivity index (χ4v) is 4.67. The molecule has 0 radical (unpaired) electrons. The Morgan fingerprint density at radius 1 is 1.19 bits per heavy atom. The Bertz CT molecular complexity index is 1160. The summed E-state index contributed by atoms with van der Waals surface area (Å²) in [5.74, 6) is 5.82. The van der Waals surface area contributed by atoms with E-state index in [4.69, 9.17) is 11.6 Å². The molecular formula is C23H24F3N3O2S. The van der Waals surface area contributed by atoms with Gasteiger partial charge in [-0.25, -0.2) is 5.84 Å².